The average Bonchev–Trinajstić information content (AvgIpc) is 3.17. The lowest BCUT2D eigenvalue weighted by Gasteiger charge is -2.29. The number of rotatable bonds is 7. The first-order chi connectivity index (χ1) is 13.7. The topological polar surface area (TPSA) is 49.3 Å². The van der Waals surface area contributed by atoms with Gasteiger partial charge in [-0.1, -0.05) is 23.7 Å². The number of benzene rings is 1. The van der Waals surface area contributed by atoms with E-state index in [1.54, 1.807) is 7.11 Å². The van der Waals surface area contributed by atoms with Crippen LogP contribution in [-0.2, 0) is 9.47 Å². The van der Waals surface area contributed by atoms with E-state index in [2.05, 4.69) is 22.0 Å². The van der Waals surface area contributed by atoms with Crippen molar-refractivity contribution < 1.29 is 9.47 Å². The van der Waals surface area contributed by atoms with E-state index in [9.17, 15) is 0 Å². The number of hydrogen-bond acceptors (Lipinski definition) is 4. The second-order valence-electron chi connectivity index (χ2n) is 7.49. The van der Waals surface area contributed by atoms with Crippen LogP contribution in [-0.4, -0.2) is 81.9 Å². The maximum Gasteiger partial charge on any atom is 0.194 e. The van der Waals surface area contributed by atoms with Crippen LogP contribution in [0.3, 0.4) is 0 Å². The predicted molar refractivity (Wildman–Crippen MR) is 114 cm³/mol. The number of halogens is 1. The Hall–Kier alpha value is -1.34. The number of methoxy groups -OCH3 is 1. The average molecular weight is 409 g/mol. The molecule has 2 aliphatic heterocycles. The summed E-state index contributed by atoms with van der Waals surface area (Å²) in [6, 6.07) is 7.82. The van der Waals surface area contributed by atoms with Gasteiger partial charge in [0.25, 0.3) is 0 Å². The molecule has 2 aliphatic rings. The molecule has 2 saturated heterocycles. The molecule has 0 saturated carbocycles. The van der Waals surface area contributed by atoms with Gasteiger partial charge in [0, 0.05) is 51.4 Å². The van der Waals surface area contributed by atoms with Gasteiger partial charge < -0.3 is 19.7 Å². The maximum absolute atomic E-state index is 6.13. The zero-order valence-corrected chi connectivity index (χ0v) is 17.8. The number of aliphatic imine (C=N–C) groups is 1. The van der Waals surface area contributed by atoms with Crippen molar-refractivity contribution in [3.8, 4) is 0 Å². The fraction of sp³-hybridized carbons (Fsp3) is 0.667. The molecule has 1 N–H and O–H groups in total. The van der Waals surface area contributed by atoms with Crippen molar-refractivity contribution in [2.24, 2.45) is 10.9 Å². The minimum Gasteiger partial charge on any atom is -0.379 e. The Labute approximate surface area is 173 Å². The third-order valence-electron chi connectivity index (χ3n) is 5.45. The molecule has 2 heterocycles. The number of hydrogen-bond donors (Lipinski definition) is 1. The molecule has 7 heteroatoms. The summed E-state index contributed by atoms with van der Waals surface area (Å²) in [6.45, 7) is 10.6. The molecule has 1 aromatic carbocycles. The Bertz CT molecular complexity index is 637. The molecule has 0 spiro atoms. The minimum atomic E-state index is -0.0980. The Morgan fingerprint density at radius 2 is 2.18 bits per heavy atom. The monoisotopic (exact) mass is 408 g/mol. The first kappa shape index (κ1) is 21.4. The predicted octanol–water partition coefficient (Wildman–Crippen LogP) is 2.65. The molecule has 0 radical (unpaired) electrons. The second kappa shape index (κ2) is 11.0. The molecular formula is C21H33ClN4O2. The molecule has 156 valence electrons. The second-order valence-corrected chi connectivity index (χ2v) is 7.92. The zero-order chi connectivity index (χ0) is 19.8. The van der Waals surface area contributed by atoms with Crippen LogP contribution in [0.15, 0.2) is 29.3 Å². The van der Waals surface area contributed by atoms with Gasteiger partial charge in [-0.2, -0.15) is 0 Å². The van der Waals surface area contributed by atoms with E-state index in [0.29, 0.717) is 12.5 Å². The highest BCUT2D eigenvalue weighted by molar-refractivity contribution is 6.30. The first-order valence-corrected chi connectivity index (χ1v) is 10.7. The standard InChI is InChI=1S/C21H33ClN4O2/c1-3-23-21(24-14-20(27-2)18-5-4-6-19(22)13-18)26-8-7-17(16-26)15-25-9-11-28-12-10-25/h4-6,13,17,20H,3,7-12,14-16H2,1-2H3,(H,23,24). The van der Waals surface area contributed by atoms with Gasteiger partial charge >= 0.3 is 0 Å². The van der Waals surface area contributed by atoms with Gasteiger partial charge in [-0.3, -0.25) is 9.89 Å². The number of guanidine groups is 1. The SMILES string of the molecule is CCNC(=NCC(OC)c1cccc(Cl)c1)N1CCC(CN2CCOCC2)C1. The van der Waals surface area contributed by atoms with Gasteiger partial charge in [-0.25, -0.2) is 0 Å². The van der Waals surface area contributed by atoms with Crippen LogP contribution in [0, 0.1) is 5.92 Å². The van der Waals surface area contributed by atoms with Crippen LogP contribution < -0.4 is 5.32 Å². The fourth-order valence-electron chi connectivity index (χ4n) is 3.94. The van der Waals surface area contributed by atoms with Crippen LogP contribution in [0.5, 0.6) is 0 Å². The van der Waals surface area contributed by atoms with Crippen molar-refractivity contribution in [1.29, 1.82) is 0 Å². The summed E-state index contributed by atoms with van der Waals surface area (Å²) in [5.74, 6) is 1.67. The van der Waals surface area contributed by atoms with Gasteiger partial charge in [-0.05, 0) is 37.0 Å². The minimum absolute atomic E-state index is 0.0980. The lowest BCUT2D eigenvalue weighted by Crippen LogP contribution is -2.42. The molecule has 2 fully saturated rings. The van der Waals surface area contributed by atoms with E-state index in [1.165, 1.54) is 6.42 Å². The molecule has 0 aliphatic carbocycles. The summed E-state index contributed by atoms with van der Waals surface area (Å²) in [7, 11) is 1.72. The summed E-state index contributed by atoms with van der Waals surface area (Å²) in [5.41, 5.74) is 1.06. The number of nitrogens with one attached hydrogen (secondary N) is 1. The number of nitrogens with zero attached hydrogens (tertiary/aromatic N) is 3. The highest BCUT2D eigenvalue weighted by Gasteiger charge is 2.27. The molecule has 2 unspecified atom stereocenters. The van der Waals surface area contributed by atoms with Crippen LogP contribution in [0.1, 0.15) is 25.0 Å². The molecule has 3 rings (SSSR count). The molecule has 28 heavy (non-hydrogen) atoms. The summed E-state index contributed by atoms with van der Waals surface area (Å²) in [6.07, 6.45) is 1.11. The van der Waals surface area contributed by atoms with E-state index >= 15 is 0 Å². The van der Waals surface area contributed by atoms with Crippen molar-refractivity contribution in [2.75, 3.05) is 66.1 Å². The lowest BCUT2D eigenvalue weighted by molar-refractivity contribution is 0.0315. The van der Waals surface area contributed by atoms with E-state index < -0.39 is 0 Å². The third kappa shape index (κ3) is 6.08. The number of likely N-dealkylation sites (tertiary alicyclic amines) is 1. The van der Waals surface area contributed by atoms with Crippen molar-refractivity contribution in [3.63, 3.8) is 0 Å². The van der Waals surface area contributed by atoms with E-state index in [1.807, 2.05) is 24.3 Å². The highest BCUT2D eigenvalue weighted by atomic mass is 35.5. The van der Waals surface area contributed by atoms with Gasteiger partial charge in [0.1, 0.15) is 6.10 Å². The van der Waals surface area contributed by atoms with Crippen molar-refractivity contribution in [3.05, 3.63) is 34.9 Å². The third-order valence-corrected chi connectivity index (χ3v) is 5.69. The van der Waals surface area contributed by atoms with E-state index in [0.717, 1.165) is 69.0 Å². The molecule has 0 bridgehead atoms. The summed E-state index contributed by atoms with van der Waals surface area (Å²) < 4.78 is 11.1. The Morgan fingerprint density at radius 3 is 2.89 bits per heavy atom. The summed E-state index contributed by atoms with van der Waals surface area (Å²) in [4.78, 5) is 9.80. The van der Waals surface area contributed by atoms with E-state index in [4.69, 9.17) is 26.1 Å². The van der Waals surface area contributed by atoms with Gasteiger partial charge in [0.2, 0.25) is 0 Å². The van der Waals surface area contributed by atoms with Crippen LogP contribution >= 0.6 is 11.6 Å². The molecular weight excluding hydrogens is 376 g/mol. The molecule has 0 aromatic heterocycles. The van der Waals surface area contributed by atoms with Crippen LogP contribution in [0.2, 0.25) is 5.02 Å². The van der Waals surface area contributed by atoms with Gasteiger partial charge in [0.05, 0.1) is 19.8 Å². The van der Waals surface area contributed by atoms with Crippen LogP contribution in [0.25, 0.3) is 0 Å². The highest BCUT2D eigenvalue weighted by Crippen LogP contribution is 2.22. The number of morpholine rings is 1. The summed E-state index contributed by atoms with van der Waals surface area (Å²) >= 11 is 6.13. The Balaban J connectivity index is 1.58. The van der Waals surface area contributed by atoms with Crippen molar-refractivity contribution >= 4 is 17.6 Å². The van der Waals surface area contributed by atoms with E-state index in [-0.39, 0.29) is 6.10 Å². The van der Waals surface area contributed by atoms with Crippen molar-refractivity contribution in [2.45, 2.75) is 19.4 Å². The summed E-state index contributed by atoms with van der Waals surface area (Å²) in [5, 5.41) is 4.17. The maximum atomic E-state index is 6.13. The smallest absolute Gasteiger partial charge is 0.194 e. The Kier molecular flexibility index (Phi) is 8.40. The van der Waals surface area contributed by atoms with Gasteiger partial charge in [0.15, 0.2) is 5.96 Å². The van der Waals surface area contributed by atoms with Crippen molar-refractivity contribution in [1.82, 2.24) is 15.1 Å². The van der Waals surface area contributed by atoms with Gasteiger partial charge in [-0.15, -0.1) is 0 Å². The largest absolute Gasteiger partial charge is 0.379 e. The molecule has 0 amide bonds. The Morgan fingerprint density at radius 1 is 1.36 bits per heavy atom. The van der Waals surface area contributed by atoms with Crippen LogP contribution in [0.4, 0.5) is 0 Å². The first-order valence-electron chi connectivity index (χ1n) is 10.3. The lowest BCUT2D eigenvalue weighted by atomic mass is 10.1. The quantitative estimate of drug-likeness (QED) is 0.555. The molecule has 6 nitrogen and oxygen atoms in total. The number of ether oxygens (including phenoxy) is 2. The molecule has 1 aromatic rings. The normalized spacial score (nSPS) is 22.5. The molecule has 2 atom stereocenters. The fourth-order valence-corrected chi connectivity index (χ4v) is 4.14. The zero-order valence-electron chi connectivity index (χ0n) is 17.1.